The molecule has 1 saturated heterocycles. The predicted octanol–water partition coefficient (Wildman–Crippen LogP) is 2.08. The van der Waals surface area contributed by atoms with E-state index in [0.717, 1.165) is 18.5 Å². The fourth-order valence-electron chi connectivity index (χ4n) is 4.31. The Morgan fingerprint density at radius 1 is 1.19 bits per heavy atom. The van der Waals surface area contributed by atoms with Gasteiger partial charge in [-0.25, -0.2) is 18.6 Å². The van der Waals surface area contributed by atoms with Gasteiger partial charge in [0.2, 0.25) is 0 Å². The van der Waals surface area contributed by atoms with Gasteiger partial charge in [0.15, 0.2) is 5.65 Å². The SMILES string of the molecule is CC(C)Cn1c(=O)[nH]c(=O)c2c(C(=O)NC3CCN(CC(F)F)CC3)cc(C3CC3)nc21. The summed E-state index contributed by atoms with van der Waals surface area (Å²) in [6.45, 7) is 4.99. The number of aromatic amines is 1. The molecule has 10 heteroatoms. The van der Waals surface area contributed by atoms with Crippen molar-refractivity contribution < 1.29 is 13.6 Å². The molecule has 0 spiro atoms. The Morgan fingerprint density at radius 2 is 1.88 bits per heavy atom. The number of fused-ring (bicyclic) bond motifs is 1. The summed E-state index contributed by atoms with van der Waals surface area (Å²) in [5.41, 5.74) is 0.0162. The average molecular weight is 450 g/mol. The molecule has 3 heterocycles. The van der Waals surface area contributed by atoms with Gasteiger partial charge in [0.1, 0.15) is 0 Å². The predicted molar refractivity (Wildman–Crippen MR) is 116 cm³/mol. The molecule has 174 valence electrons. The van der Waals surface area contributed by atoms with Crippen molar-refractivity contribution in [2.24, 2.45) is 5.92 Å². The maximum Gasteiger partial charge on any atom is 0.330 e. The van der Waals surface area contributed by atoms with Gasteiger partial charge in [-0.05, 0) is 37.7 Å². The maximum absolute atomic E-state index is 13.2. The number of halogens is 2. The van der Waals surface area contributed by atoms with Crippen molar-refractivity contribution in [3.05, 3.63) is 38.2 Å². The minimum atomic E-state index is -2.37. The quantitative estimate of drug-likeness (QED) is 0.674. The van der Waals surface area contributed by atoms with Gasteiger partial charge in [-0.3, -0.25) is 24.0 Å². The molecule has 32 heavy (non-hydrogen) atoms. The molecular weight excluding hydrogens is 420 g/mol. The number of amides is 1. The molecule has 2 aromatic heterocycles. The molecule has 8 nitrogen and oxygen atoms in total. The van der Waals surface area contributed by atoms with Gasteiger partial charge in [0, 0.05) is 37.3 Å². The van der Waals surface area contributed by atoms with E-state index in [2.05, 4.69) is 15.3 Å². The first-order valence-corrected chi connectivity index (χ1v) is 11.2. The summed E-state index contributed by atoms with van der Waals surface area (Å²) in [6.07, 6.45) is 0.663. The smallest absolute Gasteiger partial charge is 0.330 e. The molecular formula is C22H29F2N5O3. The minimum absolute atomic E-state index is 0.113. The Bertz CT molecular complexity index is 1110. The number of rotatable bonds is 7. The van der Waals surface area contributed by atoms with Crippen molar-refractivity contribution >= 4 is 16.9 Å². The van der Waals surface area contributed by atoms with Crippen molar-refractivity contribution in [2.45, 2.75) is 64.5 Å². The van der Waals surface area contributed by atoms with Crippen LogP contribution >= 0.6 is 0 Å². The fraction of sp³-hybridized carbons (Fsp3) is 0.636. The van der Waals surface area contributed by atoms with E-state index in [4.69, 9.17) is 0 Å². The van der Waals surface area contributed by atoms with E-state index >= 15 is 0 Å². The molecule has 2 N–H and O–H groups in total. The van der Waals surface area contributed by atoms with E-state index in [9.17, 15) is 23.2 Å². The number of hydrogen-bond donors (Lipinski definition) is 2. The van der Waals surface area contributed by atoms with Crippen LogP contribution in [0.4, 0.5) is 8.78 Å². The number of piperidine rings is 1. The molecule has 1 aliphatic heterocycles. The van der Waals surface area contributed by atoms with Crippen molar-refractivity contribution in [2.75, 3.05) is 19.6 Å². The number of nitrogens with zero attached hydrogens (tertiary/aromatic N) is 3. The zero-order chi connectivity index (χ0) is 23.0. The van der Waals surface area contributed by atoms with E-state index in [1.54, 1.807) is 11.0 Å². The molecule has 2 aliphatic rings. The molecule has 2 aromatic rings. The summed E-state index contributed by atoms with van der Waals surface area (Å²) >= 11 is 0. The summed E-state index contributed by atoms with van der Waals surface area (Å²) in [5.74, 6) is -0.0267. The second kappa shape index (κ2) is 9.09. The molecule has 0 aromatic carbocycles. The first-order valence-electron chi connectivity index (χ1n) is 11.2. The third kappa shape index (κ3) is 4.90. The highest BCUT2D eigenvalue weighted by Crippen LogP contribution is 2.40. The standard InChI is InChI=1S/C22H29F2N5O3/c1-12(2)10-29-19-18(21(31)27-22(29)32)15(9-16(26-19)13-3-4-13)20(30)25-14-5-7-28(8-6-14)11-17(23)24/h9,12-14,17H,3-8,10-11H2,1-2H3,(H,25,30)(H,27,31,32). The van der Waals surface area contributed by atoms with Gasteiger partial charge >= 0.3 is 5.69 Å². The van der Waals surface area contributed by atoms with E-state index in [0.29, 0.717) is 32.5 Å². The van der Waals surface area contributed by atoms with Crippen LogP contribution in [0.25, 0.3) is 11.0 Å². The Hall–Kier alpha value is -2.62. The van der Waals surface area contributed by atoms with Gasteiger partial charge in [-0.1, -0.05) is 13.8 Å². The van der Waals surface area contributed by atoms with Crippen LogP contribution in [0.15, 0.2) is 15.7 Å². The highest BCUT2D eigenvalue weighted by molar-refractivity contribution is 6.05. The van der Waals surface area contributed by atoms with Crippen LogP contribution < -0.4 is 16.6 Å². The largest absolute Gasteiger partial charge is 0.349 e. The number of alkyl halides is 2. The topological polar surface area (TPSA) is 100 Å². The molecule has 0 radical (unpaired) electrons. The minimum Gasteiger partial charge on any atom is -0.349 e. The van der Waals surface area contributed by atoms with E-state index in [1.165, 1.54) is 4.57 Å². The van der Waals surface area contributed by atoms with E-state index in [-0.39, 0.29) is 41.0 Å². The fourth-order valence-corrected chi connectivity index (χ4v) is 4.31. The lowest BCUT2D eigenvalue weighted by molar-refractivity contribution is 0.0696. The van der Waals surface area contributed by atoms with Crippen molar-refractivity contribution in [3.8, 4) is 0 Å². The number of nitrogens with one attached hydrogen (secondary N) is 2. The lowest BCUT2D eigenvalue weighted by atomic mass is 10.0. The van der Waals surface area contributed by atoms with Gasteiger partial charge in [-0.15, -0.1) is 0 Å². The summed E-state index contributed by atoms with van der Waals surface area (Å²) in [5, 5.41) is 3.08. The van der Waals surface area contributed by atoms with Crippen LogP contribution in [-0.4, -0.2) is 57.4 Å². The lowest BCUT2D eigenvalue weighted by Gasteiger charge is -2.32. The highest BCUT2D eigenvalue weighted by atomic mass is 19.3. The van der Waals surface area contributed by atoms with Crippen LogP contribution in [0, 0.1) is 5.92 Å². The Kier molecular flexibility index (Phi) is 6.41. The summed E-state index contributed by atoms with van der Waals surface area (Å²) in [7, 11) is 0. The Labute approximate surface area is 184 Å². The third-order valence-electron chi connectivity index (χ3n) is 6.08. The molecule has 0 bridgehead atoms. The lowest BCUT2D eigenvalue weighted by Crippen LogP contribution is -2.46. The first kappa shape index (κ1) is 22.6. The average Bonchev–Trinajstić information content (AvgIpc) is 3.56. The first-order chi connectivity index (χ1) is 15.2. The normalized spacial score (nSPS) is 18.1. The van der Waals surface area contributed by atoms with Crippen LogP contribution in [-0.2, 0) is 6.54 Å². The highest BCUT2D eigenvalue weighted by Gasteiger charge is 2.30. The molecule has 1 amide bonds. The second-order valence-corrected chi connectivity index (χ2v) is 9.27. The monoisotopic (exact) mass is 449 g/mol. The van der Waals surface area contributed by atoms with Crippen LogP contribution in [0.5, 0.6) is 0 Å². The number of hydrogen-bond acceptors (Lipinski definition) is 5. The molecule has 2 fully saturated rings. The Morgan fingerprint density at radius 3 is 2.47 bits per heavy atom. The third-order valence-corrected chi connectivity index (χ3v) is 6.08. The molecule has 0 atom stereocenters. The van der Waals surface area contributed by atoms with Crippen molar-refractivity contribution in [1.82, 2.24) is 24.8 Å². The maximum atomic E-state index is 13.2. The van der Waals surface area contributed by atoms with Gasteiger partial charge in [0.05, 0.1) is 17.5 Å². The van der Waals surface area contributed by atoms with Crippen molar-refractivity contribution in [1.29, 1.82) is 0 Å². The van der Waals surface area contributed by atoms with Gasteiger partial charge in [-0.2, -0.15) is 0 Å². The Balaban J connectivity index is 1.66. The number of carbonyl (C=O) groups excluding carboxylic acids is 1. The van der Waals surface area contributed by atoms with Crippen LogP contribution in [0.1, 0.15) is 61.5 Å². The summed E-state index contributed by atoms with van der Waals surface area (Å²) in [4.78, 5) is 47.1. The van der Waals surface area contributed by atoms with Gasteiger partial charge < -0.3 is 5.32 Å². The molecule has 4 rings (SSSR count). The number of aromatic nitrogens is 3. The summed E-state index contributed by atoms with van der Waals surface area (Å²) in [6, 6.07) is 1.51. The zero-order valence-electron chi connectivity index (χ0n) is 18.4. The number of pyridine rings is 1. The van der Waals surface area contributed by atoms with Crippen LogP contribution in [0.3, 0.4) is 0 Å². The number of carbonyl (C=O) groups is 1. The summed E-state index contributed by atoms with van der Waals surface area (Å²) < 4.78 is 26.7. The second-order valence-electron chi connectivity index (χ2n) is 9.27. The molecule has 1 aliphatic carbocycles. The van der Waals surface area contributed by atoms with Crippen molar-refractivity contribution in [3.63, 3.8) is 0 Å². The van der Waals surface area contributed by atoms with Crippen LogP contribution in [0.2, 0.25) is 0 Å². The van der Waals surface area contributed by atoms with E-state index in [1.807, 2.05) is 13.8 Å². The number of H-pyrrole nitrogens is 1. The molecule has 1 saturated carbocycles. The molecule has 0 unspecified atom stereocenters. The number of likely N-dealkylation sites (tertiary alicyclic amines) is 1. The zero-order valence-corrected chi connectivity index (χ0v) is 18.4. The van der Waals surface area contributed by atoms with Gasteiger partial charge in [0.25, 0.3) is 17.9 Å². The van der Waals surface area contributed by atoms with E-state index < -0.39 is 23.6 Å².